The Morgan fingerprint density at radius 1 is 1.03 bits per heavy atom. The van der Waals surface area contributed by atoms with Gasteiger partial charge >= 0.3 is 0 Å². The second-order valence-electron chi connectivity index (χ2n) is 8.23. The maximum Gasteiger partial charge on any atom is 0.165 e. The maximum absolute atomic E-state index is 10.7. The highest BCUT2D eigenvalue weighted by Gasteiger charge is 2.43. The van der Waals surface area contributed by atoms with Crippen LogP contribution in [-0.2, 0) is 0 Å². The number of aliphatic hydroxyl groups excluding tert-OH is 1. The Morgan fingerprint density at radius 3 is 2.59 bits per heavy atom. The molecule has 0 radical (unpaired) electrons. The Bertz CT molecular complexity index is 1010. The molecule has 2 aromatic heterocycles. The molecule has 2 aliphatic rings. The lowest BCUT2D eigenvalue weighted by Gasteiger charge is -2.35. The molecule has 29 heavy (non-hydrogen) atoms. The zero-order valence-electron chi connectivity index (χ0n) is 16.4. The van der Waals surface area contributed by atoms with Gasteiger partial charge in [-0.2, -0.15) is 5.10 Å². The molecule has 1 aromatic carbocycles. The summed E-state index contributed by atoms with van der Waals surface area (Å²) >= 11 is 0. The van der Waals surface area contributed by atoms with Crippen LogP contribution in [0.1, 0.15) is 24.6 Å². The molecule has 1 saturated heterocycles. The van der Waals surface area contributed by atoms with Crippen molar-refractivity contribution in [2.24, 2.45) is 11.8 Å². The molecule has 1 aliphatic heterocycles. The van der Waals surface area contributed by atoms with Crippen molar-refractivity contribution in [3.63, 3.8) is 0 Å². The number of anilines is 1. The standard InChI is InChI=1S/C22H25N5O2/c1-14-9-21(25-22(24-14)17-5-2-3-6-19(17)28)26-12-15-10-18(27-8-4-7-23-27)20(29)11-16(15)13-26/h2-9,15-16,18,20,28-29H,10-13H2,1H3/t15-,16+,18-,20-/m1/s1. The van der Waals surface area contributed by atoms with Crippen LogP contribution in [0, 0.1) is 18.8 Å². The van der Waals surface area contributed by atoms with Gasteiger partial charge < -0.3 is 15.1 Å². The fourth-order valence-electron chi connectivity index (χ4n) is 4.85. The first kappa shape index (κ1) is 18.1. The Labute approximate surface area is 169 Å². The topological polar surface area (TPSA) is 87.3 Å². The Morgan fingerprint density at radius 2 is 1.83 bits per heavy atom. The summed E-state index contributed by atoms with van der Waals surface area (Å²) in [5.41, 5.74) is 1.51. The fourth-order valence-corrected chi connectivity index (χ4v) is 4.85. The molecule has 0 spiro atoms. The van der Waals surface area contributed by atoms with Crippen molar-refractivity contribution < 1.29 is 10.2 Å². The summed E-state index contributed by atoms with van der Waals surface area (Å²) in [7, 11) is 0. The minimum absolute atomic E-state index is 0.0372. The maximum atomic E-state index is 10.7. The molecule has 4 atom stereocenters. The van der Waals surface area contributed by atoms with Crippen LogP contribution in [0.4, 0.5) is 5.82 Å². The highest BCUT2D eigenvalue weighted by atomic mass is 16.3. The number of phenolic OH excluding ortho intramolecular Hbond substituents is 1. The molecule has 0 unspecified atom stereocenters. The Hall–Kier alpha value is -2.93. The number of aromatic nitrogens is 4. The van der Waals surface area contributed by atoms with Gasteiger partial charge in [0.1, 0.15) is 11.6 Å². The van der Waals surface area contributed by atoms with Gasteiger partial charge in [0.2, 0.25) is 0 Å². The minimum atomic E-state index is -0.375. The fraction of sp³-hybridized carbons (Fsp3) is 0.409. The third kappa shape index (κ3) is 3.35. The van der Waals surface area contributed by atoms with E-state index in [1.165, 1.54) is 0 Å². The second kappa shape index (κ2) is 7.15. The number of nitrogens with zero attached hydrogens (tertiary/aromatic N) is 5. The Kier molecular flexibility index (Phi) is 4.47. The lowest BCUT2D eigenvalue weighted by atomic mass is 9.77. The van der Waals surface area contributed by atoms with Crippen LogP contribution < -0.4 is 4.90 Å². The lowest BCUT2D eigenvalue weighted by Crippen LogP contribution is -2.36. The predicted molar refractivity (Wildman–Crippen MR) is 110 cm³/mol. The molecule has 0 bridgehead atoms. The number of benzene rings is 1. The average molecular weight is 391 g/mol. The van der Waals surface area contributed by atoms with Crippen LogP contribution in [0.3, 0.4) is 0 Å². The van der Waals surface area contributed by atoms with Crippen molar-refractivity contribution in [2.45, 2.75) is 31.9 Å². The summed E-state index contributed by atoms with van der Waals surface area (Å²) in [6.45, 7) is 3.74. The van der Waals surface area contributed by atoms with Gasteiger partial charge in [0, 0.05) is 37.2 Å². The third-order valence-electron chi connectivity index (χ3n) is 6.28. The second-order valence-corrected chi connectivity index (χ2v) is 8.23. The zero-order valence-corrected chi connectivity index (χ0v) is 16.4. The van der Waals surface area contributed by atoms with Crippen molar-refractivity contribution in [2.75, 3.05) is 18.0 Å². The molecule has 7 heteroatoms. The molecule has 7 nitrogen and oxygen atoms in total. The van der Waals surface area contributed by atoms with E-state index >= 15 is 0 Å². The van der Waals surface area contributed by atoms with Gasteiger partial charge in [0.15, 0.2) is 5.82 Å². The van der Waals surface area contributed by atoms with Crippen molar-refractivity contribution in [3.8, 4) is 17.1 Å². The summed E-state index contributed by atoms with van der Waals surface area (Å²) < 4.78 is 1.90. The SMILES string of the molecule is Cc1cc(N2C[C@H]3C[C@@H](n4cccn4)[C@H](O)C[C@H]3C2)nc(-c2ccccc2O)n1. The van der Waals surface area contributed by atoms with E-state index in [0.717, 1.165) is 37.4 Å². The van der Waals surface area contributed by atoms with Crippen LogP contribution in [-0.4, -0.2) is 49.2 Å². The number of aromatic hydroxyl groups is 1. The van der Waals surface area contributed by atoms with Crippen molar-refractivity contribution in [1.82, 2.24) is 19.7 Å². The number of rotatable bonds is 3. The highest BCUT2D eigenvalue weighted by Crippen LogP contribution is 2.42. The summed E-state index contributed by atoms with van der Waals surface area (Å²) in [6, 6.07) is 11.1. The molecule has 5 rings (SSSR count). The normalized spacial score (nSPS) is 26.5. The summed E-state index contributed by atoms with van der Waals surface area (Å²) in [6.07, 6.45) is 5.03. The van der Waals surface area contributed by atoms with E-state index in [9.17, 15) is 10.2 Å². The van der Waals surface area contributed by atoms with E-state index in [4.69, 9.17) is 4.98 Å². The number of hydrogen-bond acceptors (Lipinski definition) is 6. The van der Waals surface area contributed by atoms with Crippen LogP contribution >= 0.6 is 0 Å². The van der Waals surface area contributed by atoms with E-state index in [-0.39, 0.29) is 17.9 Å². The molecule has 150 valence electrons. The predicted octanol–water partition coefficient (Wildman–Crippen LogP) is 2.80. The largest absolute Gasteiger partial charge is 0.507 e. The summed E-state index contributed by atoms with van der Waals surface area (Å²) in [5.74, 6) is 2.55. The van der Waals surface area contributed by atoms with Crippen LogP contribution in [0.2, 0.25) is 0 Å². The number of aliphatic hydroxyl groups is 1. The smallest absolute Gasteiger partial charge is 0.165 e. The van der Waals surface area contributed by atoms with Gasteiger partial charge in [0.05, 0.1) is 17.7 Å². The van der Waals surface area contributed by atoms with E-state index < -0.39 is 0 Å². The molecule has 1 saturated carbocycles. The average Bonchev–Trinajstić information content (AvgIpc) is 3.36. The van der Waals surface area contributed by atoms with Gasteiger partial charge in [0.25, 0.3) is 0 Å². The number of para-hydroxylation sites is 1. The molecule has 2 N–H and O–H groups in total. The first-order valence-corrected chi connectivity index (χ1v) is 10.1. The van der Waals surface area contributed by atoms with E-state index in [1.807, 2.05) is 42.1 Å². The first-order chi connectivity index (χ1) is 14.1. The molecule has 2 fully saturated rings. The number of aryl methyl sites for hydroxylation is 1. The molecule has 1 aliphatic carbocycles. The van der Waals surface area contributed by atoms with E-state index in [1.54, 1.807) is 18.3 Å². The van der Waals surface area contributed by atoms with Crippen LogP contribution in [0.15, 0.2) is 48.8 Å². The molecule has 3 aromatic rings. The first-order valence-electron chi connectivity index (χ1n) is 10.1. The summed E-state index contributed by atoms with van der Waals surface area (Å²) in [5, 5.41) is 25.2. The van der Waals surface area contributed by atoms with E-state index in [2.05, 4.69) is 15.0 Å². The quantitative estimate of drug-likeness (QED) is 0.714. The lowest BCUT2D eigenvalue weighted by molar-refractivity contribution is 0.0306. The van der Waals surface area contributed by atoms with Crippen molar-refractivity contribution >= 4 is 5.82 Å². The number of fused-ring (bicyclic) bond motifs is 1. The van der Waals surface area contributed by atoms with Gasteiger partial charge in [-0.15, -0.1) is 0 Å². The zero-order chi connectivity index (χ0) is 20.0. The van der Waals surface area contributed by atoms with Gasteiger partial charge in [-0.25, -0.2) is 9.97 Å². The van der Waals surface area contributed by atoms with Gasteiger partial charge in [-0.05, 0) is 49.8 Å². The van der Waals surface area contributed by atoms with Gasteiger partial charge in [-0.1, -0.05) is 12.1 Å². The third-order valence-corrected chi connectivity index (χ3v) is 6.28. The van der Waals surface area contributed by atoms with E-state index in [0.29, 0.717) is 23.2 Å². The van der Waals surface area contributed by atoms with Gasteiger partial charge in [-0.3, -0.25) is 4.68 Å². The molecule has 0 amide bonds. The molecular formula is C22H25N5O2. The molecular weight excluding hydrogens is 366 g/mol. The van der Waals surface area contributed by atoms with Crippen molar-refractivity contribution in [1.29, 1.82) is 0 Å². The number of phenols is 1. The van der Waals surface area contributed by atoms with Crippen LogP contribution in [0.25, 0.3) is 11.4 Å². The highest BCUT2D eigenvalue weighted by molar-refractivity contribution is 5.65. The Balaban J connectivity index is 1.40. The number of hydrogen-bond donors (Lipinski definition) is 2. The summed E-state index contributed by atoms with van der Waals surface area (Å²) in [4.78, 5) is 11.6. The van der Waals surface area contributed by atoms with Crippen molar-refractivity contribution in [3.05, 3.63) is 54.5 Å². The van der Waals surface area contributed by atoms with Crippen LogP contribution in [0.5, 0.6) is 5.75 Å². The minimum Gasteiger partial charge on any atom is -0.507 e. The monoisotopic (exact) mass is 391 g/mol. The molecule has 3 heterocycles.